The fraction of sp³-hybridized carbons (Fsp3) is 0.304. The summed E-state index contributed by atoms with van der Waals surface area (Å²) in [6.45, 7) is 1.42. The molecular weight excluding hydrogens is 472 g/mol. The lowest BCUT2D eigenvalue weighted by molar-refractivity contribution is -0.122. The third-order valence-corrected chi connectivity index (χ3v) is 6.88. The van der Waals surface area contributed by atoms with E-state index in [0.717, 1.165) is 5.56 Å². The Bertz CT molecular complexity index is 1170. The lowest BCUT2D eigenvalue weighted by Gasteiger charge is -2.30. The molecule has 0 bridgehead atoms. The van der Waals surface area contributed by atoms with E-state index in [1.807, 2.05) is 30.3 Å². The number of benzene rings is 2. The normalized spacial score (nSPS) is 12.9. The molecule has 0 aromatic heterocycles. The zero-order valence-electron chi connectivity index (χ0n) is 19.3. The lowest BCUT2D eigenvalue weighted by Crippen LogP contribution is -2.52. The van der Waals surface area contributed by atoms with Gasteiger partial charge < -0.3 is 22.1 Å². The van der Waals surface area contributed by atoms with Gasteiger partial charge in [-0.25, -0.2) is 8.42 Å². The van der Waals surface area contributed by atoms with E-state index in [9.17, 15) is 22.8 Å². The number of amides is 2. The Morgan fingerprint density at radius 3 is 2.06 bits per heavy atom. The molecule has 0 spiro atoms. The number of nitrogens with two attached hydrogens (primary N) is 3. The molecule has 2 atom stereocenters. The smallest absolute Gasteiger partial charge is 0.241 e. The van der Waals surface area contributed by atoms with Crippen LogP contribution in [-0.2, 0) is 26.0 Å². The molecule has 2 amide bonds. The number of ketones is 1. The van der Waals surface area contributed by atoms with E-state index in [2.05, 4.69) is 4.72 Å². The van der Waals surface area contributed by atoms with Gasteiger partial charge in [0, 0.05) is 18.5 Å². The molecule has 8 N–H and O–H groups in total. The van der Waals surface area contributed by atoms with Gasteiger partial charge in [0.1, 0.15) is 12.1 Å². The van der Waals surface area contributed by atoms with Crippen molar-refractivity contribution in [3.8, 4) is 0 Å². The van der Waals surface area contributed by atoms with Crippen LogP contribution in [0.3, 0.4) is 0 Å². The number of rotatable bonds is 13. The molecule has 0 radical (unpaired) electrons. The second-order valence-electron chi connectivity index (χ2n) is 7.99. The largest absolute Gasteiger partial charge is 0.370 e. The lowest BCUT2D eigenvalue weighted by atomic mass is 10.0. The van der Waals surface area contributed by atoms with Gasteiger partial charge in [0.25, 0.3) is 0 Å². The highest BCUT2D eigenvalue weighted by Gasteiger charge is 2.27. The van der Waals surface area contributed by atoms with Gasteiger partial charge in [0.2, 0.25) is 21.8 Å². The molecule has 12 heteroatoms. The highest BCUT2D eigenvalue weighted by atomic mass is 32.2. The van der Waals surface area contributed by atoms with Crippen LogP contribution < -0.4 is 21.9 Å². The van der Waals surface area contributed by atoms with Crippen LogP contribution in [0.5, 0.6) is 0 Å². The third kappa shape index (κ3) is 7.90. The maximum absolute atomic E-state index is 12.7. The molecule has 0 aliphatic carbocycles. The Morgan fingerprint density at radius 1 is 0.971 bits per heavy atom. The minimum Gasteiger partial charge on any atom is -0.370 e. The van der Waals surface area contributed by atoms with Crippen molar-refractivity contribution in [2.24, 2.45) is 17.2 Å². The van der Waals surface area contributed by atoms with E-state index >= 15 is 0 Å². The number of sulfonamides is 1. The van der Waals surface area contributed by atoms with Crippen molar-refractivity contribution in [1.82, 2.24) is 9.62 Å². The Labute approximate surface area is 204 Å². The number of carbonyl (C=O) groups is 3. The van der Waals surface area contributed by atoms with E-state index in [0.29, 0.717) is 5.56 Å². The van der Waals surface area contributed by atoms with Gasteiger partial charge in [0.05, 0.1) is 4.90 Å². The summed E-state index contributed by atoms with van der Waals surface area (Å²) in [6.07, 6.45) is 0.385. The number of nitrogens with one attached hydrogen (secondary N) is 2. The minimum absolute atomic E-state index is 0.0132. The maximum atomic E-state index is 12.7. The molecule has 2 aromatic carbocycles. The quantitative estimate of drug-likeness (QED) is 0.145. The van der Waals surface area contributed by atoms with Gasteiger partial charge in [-0.2, -0.15) is 4.72 Å². The van der Waals surface area contributed by atoms with Gasteiger partial charge in [-0.15, -0.1) is 0 Å². The van der Waals surface area contributed by atoms with Crippen LogP contribution in [0.4, 0.5) is 0 Å². The van der Waals surface area contributed by atoms with E-state index in [1.165, 1.54) is 36.1 Å². The Balaban J connectivity index is 2.09. The van der Waals surface area contributed by atoms with Crippen LogP contribution in [-0.4, -0.2) is 55.5 Å². The topological polar surface area (TPSA) is 203 Å². The third-order valence-electron chi connectivity index (χ3n) is 5.39. The number of primary amides is 2. The molecule has 2 aromatic rings. The number of carbonyl (C=O) groups excluding carboxylic acids is 3. The number of guanidine groups is 1. The molecule has 0 aliphatic rings. The highest BCUT2D eigenvalue weighted by molar-refractivity contribution is 7.89. The maximum Gasteiger partial charge on any atom is 0.241 e. The number of hydrogen-bond acceptors (Lipinski definition) is 6. The van der Waals surface area contributed by atoms with Gasteiger partial charge in [-0.05, 0) is 37.5 Å². The van der Waals surface area contributed by atoms with E-state index < -0.39 is 33.9 Å². The first-order chi connectivity index (χ1) is 16.4. The van der Waals surface area contributed by atoms with Crippen LogP contribution >= 0.6 is 0 Å². The molecule has 2 rings (SSSR count). The fourth-order valence-corrected chi connectivity index (χ4v) is 4.73. The van der Waals surface area contributed by atoms with Gasteiger partial charge in [0.15, 0.2) is 11.7 Å². The number of hydrogen-bond donors (Lipinski definition) is 5. The van der Waals surface area contributed by atoms with Gasteiger partial charge in [-0.3, -0.25) is 19.8 Å². The Morgan fingerprint density at radius 2 is 1.57 bits per heavy atom. The second kappa shape index (κ2) is 12.1. The van der Waals surface area contributed by atoms with Crippen LogP contribution in [0.15, 0.2) is 59.5 Å². The van der Waals surface area contributed by atoms with E-state index in [-0.39, 0.29) is 42.4 Å². The predicted molar refractivity (Wildman–Crippen MR) is 131 cm³/mol. The van der Waals surface area contributed by atoms with Crippen LogP contribution in [0.1, 0.15) is 35.7 Å². The first-order valence-electron chi connectivity index (χ1n) is 10.8. The van der Waals surface area contributed by atoms with Crippen molar-refractivity contribution < 1.29 is 22.8 Å². The number of Topliss-reactive ketones (excluding diaryl/α,β-unsaturated/α-hetero) is 1. The fourth-order valence-electron chi connectivity index (χ4n) is 3.50. The summed E-state index contributed by atoms with van der Waals surface area (Å²) in [6, 6.07) is 12.2. The molecule has 0 unspecified atom stereocenters. The summed E-state index contributed by atoms with van der Waals surface area (Å²) in [5, 5.41) is 7.88. The molecule has 188 valence electrons. The summed E-state index contributed by atoms with van der Waals surface area (Å²) in [4.78, 5) is 36.6. The molecule has 35 heavy (non-hydrogen) atoms. The predicted octanol–water partition coefficient (Wildman–Crippen LogP) is 0.0937. The van der Waals surface area contributed by atoms with E-state index in [4.69, 9.17) is 22.6 Å². The monoisotopic (exact) mass is 502 g/mol. The van der Waals surface area contributed by atoms with Crippen LogP contribution in [0.2, 0.25) is 0 Å². The Hall–Kier alpha value is -3.77. The van der Waals surface area contributed by atoms with Crippen molar-refractivity contribution in [1.29, 1.82) is 5.41 Å². The average molecular weight is 503 g/mol. The zero-order valence-corrected chi connectivity index (χ0v) is 20.1. The standard InChI is InChI=1S/C23H30N6O5S/c1-15(30)17-9-11-18(12-10-17)35(33,34)28-19(21(24)31)8-5-13-29(23(26)27)20(22(25)32)14-16-6-3-2-4-7-16/h2-4,6-7,9-12,19-20,28H,5,8,13-14H2,1H3,(H2,24,31)(H2,25,32)(H3,26,27)/t19-,20-/m0/s1. The molecule has 0 heterocycles. The first-order valence-corrected chi connectivity index (χ1v) is 12.3. The molecular formula is C23H30N6O5S. The first kappa shape index (κ1) is 27.5. The minimum atomic E-state index is -4.10. The zero-order chi connectivity index (χ0) is 26.2. The summed E-state index contributed by atoms with van der Waals surface area (Å²) in [5.41, 5.74) is 17.8. The number of nitrogens with zero attached hydrogens (tertiary/aromatic N) is 1. The molecule has 0 fully saturated rings. The SMILES string of the molecule is CC(=O)c1ccc(S(=O)(=O)N[C@@H](CCCN(C(=N)N)[C@@H](Cc2ccccc2)C(N)=O)C(N)=O)cc1. The van der Waals surface area contributed by atoms with Crippen molar-refractivity contribution in [3.63, 3.8) is 0 Å². The van der Waals surface area contributed by atoms with Crippen LogP contribution in [0.25, 0.3) is 0 Å². The highest BCUT2D eigenvalue weighted by Crippen LogP contribution is 2.14. The van der Waals surface area contributed by atoms with Crippen molar-refractivity contribution in [3.05, 3.63) is 65.7 Å². The molecule has 0 aliphatic heterocycles. The molecule has 11 nitrogen and oxygen atoms in total. The molecule has 0 saturated heterocycles. The summed E-state index contributed by atoms with van der Waals surface area (Å²) in [7, 11) is -4.10. The van der Waals surface area contributed by atoms with Crippen LogP contribution in [0, 0.1) is 5.41 Å². The summed E-state index contributed by atoms with van der Waals surface area (Å²) in [5.74, 6) is -2.16. The van der Waals surface area contributed by atoms with E-state index in [1.54, 1.807) is 0 Å². The van der Waals surface area contributed by atoms with Gasteiger partial charge >= 0.3 is 0 Å². The average Bonchev–Trinajstić information content (AvgIpc) is 2.80. The van der Waals surface area contributed by atoms with Crippen molar-refractivity contribution in [2.45, 2.75) is 43.2 Å². The molecule has 0 saturated carbocycles. The van der Waals surface area contributed by atoms with Gasteiger partial charge in [-0.1, -0.05) is 42.5 Å². The van der Waals surface area contributed by atoms with Crippen molar-refractivity contribution in [2.75, 3.05) is 6.54 Å². The second-order valence-corrected chi connectivity index (χ2v) is 9.70. The summed E-state index contributed by atoms with van der Waals surface area (Å²) >= 11 is 0. The Kier molecular flexibility index (Phi) is 9.49. The van der Waals surface area contributed by atoms with Crippen molar-refractivity contribution >= 4 is 33.6 Å². The summed E-state index contributed by atoms with van der Waals surface area (Å²) < 4.78 is 27.7.